The van der Waals surface area contributed by atoms with Gasteiger partial charge in [-0.25, -0.2) is 14.6 Å². The van der Waals surface area contributed by atoms with Crippen molar-refractivity contribution in [2.24, 2.45) is 0 Å². The lowest BCUT2D eigenvalue weighted by Gasteiger charge is -2.45. The number of amides is 4. The van der Waals surface area contributed by atoms with E-state index in [1.54, 1.807) is 40.1 Å². The first-order valence-electron chi connectivity index (χ1n) is 14.4. The molecule has 2 atom stereocenters. The molecule has 14 heteroatoms. The lowest BCUT2D eigenvalue weighted by atomic mass is 9.99. The zero-order valence-electron chi connectivity index (χ0n) is 24.3. The average Bonchev–Trinajstić information content (AvgIpc) is 3.71. The number of aromatic nitrogens is 2. The minimum absolute atomic E-state index is 0.0656. The van der Waals surface area contributed by atoms with Gasteiger partial charge >= 0.3 is 11.8 Å². The predicted octanol–water partition coefficient (Wildman–Crippen LogP) is 2.49. The van der Waals surface area contributed by atoms with Crippen molar-refractivity contribution in [3.05, 3.63) is 94.0 Å². The third kappa shape index (κ3) is 5.38. The number of carbonyl (C=O) groups excluding carboxylic acids is 3. The molecule has 3 aromatic carbocycles. The summed E-state index contributed by atoms with van der Waals surface area (Å²) >= 11 is 1.38. The van der Waals surface area contributed by atoms with E-state index in [0.29, 0.717) is 22.8 Å². The maximum atomic E-state index is 14.2. The number of benzene rings is 3. The highest BCUT2D eigenvalue weighted by atomic mass is 32.1. The number of hydrogen-bond acceptors (Lipinski definition) is 9. The molecule has 4 amide bonds. The van der Waals surface area contributed by atoms with Crippen molar-refractivity contribution in [2.45, 2.75) is 31.7 Å². The van der Waals surface area contributed by atoms with E-state index in [9.17, 15) is 19.2 Å². The van der Waals surface area contributed by atoms with Crippen LogP contribution in [0, 0.1) is 0 Å². The molecular formula is C31H30N8O5S. The van der Waals surface area contributed by atoms with Gasteiger partial charge in [0.15, 0.2) is 10.7 Å². The van der Waals surface area contributed by atoms with Crippen LogP contribution in [-0.4, -0.2) is 80.0 Å². The number of nitrogens with two attached hydrogens (primary N) is 1. The van der Waals surface area contributed by atoms with Crippen LogP contribution < -0.4 is 16.8 Å². The highest BCUT2D eigenvalue weighted by molar-refractivity contribution is 7.22. The third-order valence-electron chi connectivity index (χ3n) is 8.33. The smallest absolute Gasteiger partial charge is 0.408 e. The van der Waals surface area contributed by atoms with Crippen LogP contribution in [0.2, 0.25) is 0 Å². The molecule has 4 N–H and O–H groups in total. The van der Waals surface area contributed by atoms with Gasteiger partial charge in [-0.2, -0.15) is 5.01 Å². The minimum atomic E-state index is -0.849. The molecule has 230 valence electrons. The zero-order valence-corrected chi connectivity index (χ0v) is 25.1. The number of thiazole rings is 1. The first-order chi connectivity index (χ1) is 21.7. The van der Waals surface area contributed by atoms with Gasteiger partial charge < -0.3 is 25.3 Å². The van der Waals surface area contributed by atoms with Crippen molar-refractivity contribution in [3.8, 4) is 0 Å². The molecule has 0 saturated carbocycles. The van der Waals surface area contributed by atoms with Crippen molar-refractivity contribution < 1.29 is 18.8 Å². The van der Waals surface area contributed by atoms with E-state index in [1.807, 2.05) is 48.5 Å². The van der Waals surface area contributed by atoms with Crippen LogP contribution in [0.3, 0.4) is 0 Å². The SMILES string of the molecule is CN(C(=O)NCc1ccccc1)N1CC(=O)N2[C@@H](Cc3ccc4oc(=O)[nH]c4c3)C(=O)N(Cc3cccc4sc(N)nc34)C[C@@H]21. The molecule has 2 aliphatic rings. The van der Waals surface area contributed by atoms with Gasteiger partial charge in [-0.15, -0.1) is 0 Å². The molecule has 0 radical (unpaired) electrons. The molecule has 7 rings (SSSR count). The van der Waals surface area contributed by atoms with Crippen LogP contribution in [0.1, 0.15) is 16.7 Å². The van der Waals surface area contributed by atoms with Gasteiger partial charge in [0.05, 0.1) is 28.8 Å². The van der Waals surface area contributed by atoms with E-state index in [2.05, 4.69) is 15.3 Å². The number of aromatic amines is 1. The standard InChI is InChI=1S/C31H30N8O5S/c1-36(30(42)33-14-18-6-3-2-4-7-18)38-17-26(40)39-22(13-19-10-11-23-21(12-19)34-31(43)44-23)28(41)37(16-25(38)39)15-20-8-5-9-24-27(20)35-29(32)45-24/h2-12,22,25H,13-17H2,1H3,(H2,32,35)(H,33,42)(H,34,43)/t22-,25+/m0/s1. The Hall–Kier alpha value is -5.21. The molecular weight excluding hydrogens is 596 g/mol. The largest absolute Gasteiger partial charge is 0.417 e. The van der Waals surface area contributed by atoms with E-state index < -0.39 is 18.0 Å². The number of nitrogens with one attached hydrogen (secondary N) is 2. The predicted molar refractivity (Wildman–Crippen MR) is 168 cm³/mol. The lowest BCUT2D eigenvalue weighted by molar-refractivity contribution is -0.157. The number of urea groups is 1. The van der Waals surface area contributed by atoms with Crippen molar-refractivity contribution >= 4 is 55.6 Å². The maximum absolute atomic E-state index is 14.2. The number of para-hydroxylation sites is 1. The Morgan fingerprint density at radius 2 is 1.93 bits per heavy atom. The first-order valence-corrected chi connectivity index (χ1v) is 15.2. The molecule has 2 fully saturated rings. The van der Waals surface area contributed by atoms with Crippen LogP contribution >= 0.6 is 11.3 Å². The number of anilines is 1. The second-order valence-corrected chi connectivity index (χ2v) is 12.2. The summed E-state index contributed by atoms with van der Waals surface area (Å²) in [5, 5.41) is 6.48. The van der Waals surface area contributed by atoms with Gasteiger partial charge in [-0.05, 0) is 34.9 Å². The van der Waals surface area contributed by atoms with Gasteiger partial charge in [0, 0.05) is 26.6 Å². The molecule has 0 unspecified atom stereocenters. The Bertz CT molecular complexity index is 1990. The molecule has 2 aliphatic heterocycles. The Labute approximate surface area is 260 Å². The van der Waals surface area contributed by atoms with E-state index in [-0.39, 0.29) is 43.9 Å². The number of fused-ring (bicyclic) bond motifs is 3. The molecule has 0 spiro atoms. The normalized spacial score (nSPS) is 18.6. The Kier molecular flexibility index (Phi) is 7.22. The van der Waals surface area contributed by atoms with Gasteiger partial charge in [0.25, 0.3) is 0 Å². The van der Waals surface area contributed by atoms with Gasteiger partial charge in [-0.1, -0.05) is 59.9 Å². The third-order valence-corrected chi connectivity index (χ3v) is 9.17. The summed E-state index contributed by atoms with van der Waals surface area (Å²) in [6.07, 6.45) is -0.392. The van der Waals surface area contributed by atoms with Gasteiger partial charge in [0.2, 0.25) is 11.8 Å². The number of nitrogen functional groups attached to an aromatic ring is 1. The van der Waals surface area contributed by atoms with E-state index in [0.717, 1.165) is 26.9 Å². The lowest BCUT2D eigenvalue weighted by Crippen LogP contribution is -2.65. The van der Waals surface area contributed by atoms with Crippen LogP contribution in [0.15, 0.2) is 75.9 Å². The topological polar surface area (TPSA) is 161 Å². The average molecular weight is 627 g/mol. The number of carbonyl (C=O) groups is 3. The molecule has 0 bridgehead atoms. The Balaban J connectivity index is 1.19. The summed E-state index contributed by atoms with van der Waals surface area (Å²) in [6.45, 7) is 0.693. The first kappa shape index (κ1) is 28.6. The number of piperazine rings is 1. The minimum Gasteiger partial charge on any atom is -0.408 e. The monoisotopic (exact) mass is 626 g/mol. The molecule has 2 saturated heterocycles. The molecule has 4 heterocycles. The van der Waals surface area contributed by atoms with Crippen molar-refractivity contribution in [1.82, 2.24) is 35.1 Å². The molecule has 45 heavy (non-hydrogen) atoms. The summed E-state index contributed by atoms with van der Waals surface area (Å²) in [5.74, 6) is -1.05. The van der Waals surface area contributed by atoms with Gasteiger partial charge in [-0.3, -0.25) is 19.6 Å². The summed E-state index contributed by atoms with van der Waals surface area (Å²) in [4.78, 5) is 63.3. The highest BCUT2D eigenvalue weighted by Gasteiger charge is 2.51. The molecule has 2 aromatic heterocycles. The number of hydrazine groups is 1. The van der Waals surface area contributed by atoms with E-state index >= 15 is 0 Å². The number of H-pyrrole nitrogens is 1. The van der Waals surface area contributed by atoms with Crippen molar-refractivity contribution in [3.63, 3.8) is 0 Å². The molecule has 0 aliphatic carbocycles. The van der Waals surface area contributed by atoms with Crippen LogP contribution in [0.25, 0.3) is 21.3 Å². The van der Waals surface area contributed by atoms with Crippen LogP contribution in [-0.2, 0) is 29.1 Å². The summed E-state index contributed by atoms with van der Waals surface area (Å²) in [5.41, 5.74) is 10.2. The second kappa shape index (κ2) is 11.4. The summed E-state index contributed by atoms with van der Waals surface area (Å²) in [6, 6.07) is 19.3. The Morgan fingerprint density at radius 1 is 1.11 bits per heavy atom. The van der Waals surface area contributed by atoms with Crippen LogP contribution in [0.5, 0.6) is 0 Å². The summed E-state index contributed by atoms with van der Waals surface area (Å²) in [7, 11) is 1.62. The molecule has 13 nitrogen and oxygen atoms in total. The van der Waals surface area contributed by atoms with E-state index in [1.165, 1.54) is 16.3 Å². The second-order valence-electron chi connectivity index (χ2n) is 11.1. The van der Waals surface area contributed by atoms with Crippen molar-refractivity contribution in [2.75, 3.05) is 25.9 Å². The highest BCUT2D eigenvalue weighted by Crippen LogP contribution is 2.32. The van der Waals surface area contributed by atoms with Crippen LogP contribution in [0.4, 0.5) is 9.93 Å². The fourth-order valence-electron chi connectivity index (χ4n) is 6.16. The van der Waals surface area contributed by atoms with Gasteiger partial charge in [0.1, 0.15) is 12.2 Å². The fourth-order valence-corrected chi connectivity index (χ4v) is 6.94. The summed E-state index contributed by atoms with van der Waals surface area (Å²) < 4.78 is 6.06. The number of rotatable bonds is 7. The quantitative estimate of drug-likeness (QED) is 0.248. The zero-order chi connectivity index (χ0) is 31.2. The number of nitrogens with zero attached hydrogens (tertiary/aromatic N) is 5. The fraction of sp³-hybridized carbons (Fsp3) is 0.258. The van der Waals surface area contributed by atoms with E-state index in [4.69, 9.17) is 10.2 Å². The number of hydrogen-bond donors (Lipinski definition) is 3. The Morgan fingerprint density at radius 3 is 2.76 bits per heavy atom. The van der Waals surface area contributed by atoms with Crippen molar-refractivity contribution in [1.29, 1.82) is 0 Å². The molecule has 5 aromatic rings. The maximum Gasteiger partial charge on any atom is 0.417 e. The number of oxazole rings is 1.